The number of para-hydroxylation sites is 1. The molecule has 0 radical (unpaired) electrons. The van der Waals surface area contributed by atoms with Gasteiger partial charge in [-0.05, 0) is 17.7 Å². The molecule has 1 N–H and O–H groups in total. The molecule has 22 heavy (non-hydrogen) atoms. The molecule has 0 atom stereocenters. The molecule has 0 unspecified atom stereocenters. The smallest absolute Gasteiger partial charge is 0.339 e. The van der Waals surface area contributed by atoms with Gasteiger partial charge in [0, 0.05) is 37.6 Å². The molecule has 0 saturated heterocycles. The number of halogens is 1. The van der Waals surface area contributed by atoms with Crippen LogP contribution in [0.15, 0.2) is 36.7 Å². The lowest BCUT2D eigenvalue weighted by Gasteiger charge is -2.19. The van der Waals surface area contributed by atoms with E-state index < -0.39 is 5.97 Å². The Morgan fingerprint density at radius 2 is 2.27 bits per heavy atom. The van der Waals surface area contributed by atoms with Crippen molar-refractivity contribution in [3.05, 3.63) is 58.4 Å². The van der Waals surface area contributed by atoms with Crippen molar-refractivity contribution >= 4 is 17.6 Å². The van der Waals surface area contributed by atoms with Crippen LogP contribution in [0.25, 0.3) is 0 Å². The highest BCUT2D eigenvalue weighted by Gasteiger charge is 2.21. The highest BCUT2D eigenvalue weighted by molar-refractivity contribution is 6.30. The predicted octanol–water partition coefficient (Wildman–Crippen LogP) is 2.83. The molecule has 6 heteroatoms. The first-order chi connectivity index (χ1) is 10.6. The van der Waals surface area contributed by atoms with Crippen LogP contribution in [-0.4, -0.2) is 34.1 Å². The Bertz CT molecular complexity index is 706. The first kappa shape index (κ1) is 14.8. The van der Waals surface area contributed by atoms with Crippen molar-refractivity contribution in [2.45, 2.75) is 13.1 Å². The third-order valence-electron chi connectivity index (χ3n) is 3.54. The molecule has 2 heterocycles. The number of nitrogens with zero attached hydrogens (tertiary/aromatic N) is 2. The van der Waals surface area contributed by atoms with E-state index in [0.717, 1.165) is 11.1 Å². The lowest BCUT2D eigenvalue weighted by Crippen LogP contribution is -2.25. The molecule has 2 aromatic rings. The Kier molecular flexibility index (Phi) is 4.27. The largest absolute Gasteiger partial charge is 0.491 e. The molecule has 1 aromatic carbocycles. The monoisotopic (exact) mass is 318 g/mol. The summed E-state index contributed by atoms with van der Waals surface area (Å²) >= 11 is 5.96. The molecule has 0 spiro atoms. The van der Waals surface area contributed by atoms with Crippen molar-refractivity contribution in [2.75, 3.05) is 13.2 Å². The number of aromatic carboxylic acids is 1. The van der Waals surface area contributed by atoms with Gasteiger partial charge >= 0.3 is 5.97 Å². The lowest BCUT2D eigenvalue weighted by molar-refractivity contribution is 0.0692. The molecule has 0 bridgehead atoms. The van der Waals surface area contributed by atoms with Gasteiger partial charge in [0.05, 0.1) is 5.02 Å². The summed E-state index contributed by atoms with van der Waals surface area (Å²) in [5, 5.41) is 9.86. The highest BCUT2D eigenvalue weighted by Crippen LogP contribution is 2.28. The molecule has 5 nitrogen and oxygen atoms in total. The van der Waals surface area contributed by atoms with E-state index in [1.165, 1.54) is 0 Å². The van der Waals surface area contributed by atoms with Crippen molar-refractivity contribution in [3.63, 3.8) is 0 Å². The Morgan fingerprint density at radius 3 is 3.05 bits per heavy atom. The second kappa shape index (κ2) is 6.34. The Balaban J connectivity index is 1.83. The Hall–Kier alpha value is -2.11. The van der Waals surface area contributed by atoms with E-state index in [0.29, 0.717) is 37.0 Å². The second-order valence-electron chi connectivity index (χ2n) is 5.17. The summed E-state index contributed by atoms with van der Waals surface area (Å²) in [6.07, 6.45) is 3.39. The average molecular weight is 319 g/mol. The molecule has 1 aliphatic rings. The number of aromatic nitrogens is 1. The first-order valence-electron chi connectivity index (χ1n) is 6.93. The molecular formula is C16H15ClN2O3. The van der Waals surface area contributed by atoms with Gasteiger partial charge in [0.1, 0.15) is 17.9 Å². The van der Waals surface area contributed by atoms with Crippen molar-refractivity contribution < 1.29 is 14.6 Å². The SMILES string of the molecule is O=C(O)c1cccc2c1OCCN(Cc1cncc(Cl)c1)C2. The molecule has 0 fully saturated rings. The number of hydrogen-bond donors (Lipinski definition) is 1. The van der Waals surface area contributed by atoms with Crippen LogP contribution in [0.2, 0.25) is 5.02 Å². The molecule has 1 aromatic heterocycles. The van der Waals surface area contributed by atoms with Crippen LogP contribution in [-0.2, 0) is 13.1 Å². The zero-order valence-corrected chi connectivity index (χ0v) is 12.6. The molecule has 0 saturated carbocycles. The van der Waals surface area contributed by atoms with E-state index >= 15 is 0 Å². The Labute approximate surface area is 133 Å². The number of benzene rings is 1. The van der Waals surface area contributed by atoms with Gasteiger partial charge in [-0.3, -0.25) is 9.88 Å². The van der Waals surface area contributed by atoms with Gasteiger partial charge in [-0.2, -0.15) is 0 Å². The van der Waals surface area contributed by atoms with Gasteiger partial charge in [-0.1, -0.05) is 23.7 Å². The maximum absolute atomic E-state index is 11.3. The minimum Gasteiger partial charge on any atom is -0.491 e. The summed E-state index contributed by atoms with van der Waals surface area (Å²) in [5.74, 6) is -0.494. The Morgan fingerprint density at radius 1 is 1.41 bits per heavy atom. The normalized spacial score (nSPS) is 14.8. The zero-order valence-electron chi connectivity index (χ0n) is 11.8. The highest BCUT2D eigenvalue weighted by atomic mass is 35.5. The maximum Gasteiger partial charge on any atom is 0.339 e. The molecule has 0 aliphatic carbocycles. The van der Waals surface area contributed by atoms with E-state index in [2.05, 4.69) is 9.88 Å². The van der Waals surface area contributed by atoms with E-state index in [1.54, 1.807) is 24.5 Å². The fraction of sp³-hybridized carbons (Fsp3) is 0.250. The minimum atomic E-state index is -0.968. The van der Waals surface area contributed by atoms with E-state index in [-0.39, 0.29) is 5.56 Å². The van der Waals surface area contributed by atoms with Crippen LogP contribution in [0.1, 0.15) is 21.5 Å². The van der Waals surface area contributed by atoms with Crippen LogP contribution in [0, 0.1) is 0 Å². The van der Waals surface area contributed by atoms with Crippen molar-refractivity contribution in [2.24, 2.45) is 0 Å². The van der Waals surface area contributed by atoms with Crippen LogP contribution >= 0.6 is 11.6 Å². The predicted molar refractivity (Wildman–Crippen MR) is 82.3 cm³/mol. The fourth-order valence-corrected chi connectivity index (χ4v) is 2.78. The summed E-state index contributed by atoms with van der Waals surface area (Å²) < 4.78 is 5.67. The number of ether oxygens (including phenoxy) is 1. The van der Waals surface area contributed by atoms with Crippen molar-refractivity contribution in [3.8, 4) is 5.75 Å². The van der Waals surface area contributed by atoms with Gasteiger partial charge in [0.25, 0.3) is 0 Å². The number of fused-ring (bicyclic) bond motifs is 1. The van der Waals surface area contributed by atoms with Crippen LogP contribution in [0.4, 0.5) is 0 Å². The van der Waals surface area contributed by atoms with Gasteiger partial charge in [-0.15, -0.1) is 0 Å². The number of carboxylic acids is 1. The fourth-order valence-electron chi connectivity index (χ4n) is 2.58. The number of pyridine rings is 1. The minimum absolute atomic E-state index is 0.212. The average Bonchev–Trinajstić information content (AvgIpc) is 2.68. The zero-order chi connectivity index (χ0) is 15.5. The third kappa shape index (κ3) is 3.21. The van der Waals surface area contributed by atoms with Gasteiger partial charge < -0.3 is 9.84 Å². The molecule has 114 valence electrons. The third-order valence-corrected chi connectivity index (χ3v) is 3.75. The summed E-state index contributed by atoms with van der Waals surface area (Å²) in [4.78, 5) is 17.6. The maximum atomic E-state index is 11.3. The molecular weight excluding hydrogens is 304 g/mol. The van der Waals surface area contributed by atoms with Gasteiger partial charge in [0.2, 0.25) is 0 Å². The van der Waals surface area contributed by atoms with Crippen molar-refractivity contribution in [1.82, 2.24) is 9.88 Å². The lowest BCUT2D eigenvalue weighted by atomic mass is 10.1. The molecule has 0 amide bonds. The quantitative estimate of drug-likeness (QED) is 0.943. The topological polar surface area (TPSA) is 62.7 Å². The number of carboxylic acid groups (broad SMARTS) is 1. The summed E-state index contributed by atoms with van der Waals surface area (Å²) in [6, 6.07) is 7.10. The standard InChI is InChI=1S/C16H15ClN2O3/c17-13-6-11(7-18-8-13)9-19-4-5-22-15-12(10-19)2-1-3-14(15)16(20)21/h1-3,6-8H,4-5,9-10H2,(H,20,21). The first-order valence-corrected chi connectivity index (χ1v) is 7.31. The van der Waals surface area contributed by atoms with Gasteiger partial charge in [-0.25, -0.2) is 4.79 Å². The second-order valence-corrected chi connectivity index (χ2v) is 5.61. The van der Waals surface area contributed by atoms with Gasteiger partial charge in [0.15, 0.2) is 0 Å². The molecule has 3 rings (SSSR count). The number of rotatable bonds is 3. The number of hydrogen-bond acceptors (Lipinski definition) is 4. The van der Waals surface area contributed by atoms with Crippen LogP contribution in [0.3, 0.4) is 0 Å². The molecule has 1 aliphatic heterocycles. The number of carbonyl (C=O) groups is 1. The van der Waals surface area contributed by atoms with Crippen molar-refractivity contribution in [1.29, 1.82) is 0 Å². The summed E-state index contributed by atoms with van der Waals surface area (Å²) in [5.41, 5.74) is 2.11. The van der Waals surface area contributed by atoms with Crippen LogP contribution < -0.4 is 4.74 Å². The van der Waals surface area contributed by atoms with E-state index in [4.69, 9.17) is 16.3 Å². The van der Waals surface area contributed by atoms with E-state index in [9.17, 15) is 9.90 Å². The summed E-state index contributed by atoms with van der Waals surface area (Å²) in [6.45, 7) is 2.47. The summed E-state index contributed by atoms with van der Waals surface area (Å²) in [7, 11) is 0. The van der Waals surface area contributed by atoms with Crippen LogP contribution in [0.5, 0.6) is 5.75 Å². The van der Waals surface area contributed by atoms with E-state index in [1.807, 2.05) is 12.1 Å².